The number of nitrogens with one attached hydrogen (secondary N) is 1. The molecule has 0 atom stereocenters. The summed E-state index contributed by atoms with van der Waals surface area (Å²) in [6.45, 7) is 1.93. The van der Waals surface area contributed by atoms with Crippen LogP contribution in [-0.4, -0.2) is 47.1 Å². The molecule has 156 valence electrons. The largest absolute Gasteiger partial charge is 0.493 e. The Bertz CT molecular complexity index is 1020. The highest BCUT2D eigenvalue weighted by molar-refractivity contribution is 7.89. The molecule has 0 saturated carbocycles. The van der Waals surface area contributed by atoms with E-state index in [-0.39, 0.29) is 4.90 Å². The Morgan fingerprint density at radius 2 is 1.86 bits per heavy atom. The molecule has 0 fully saturated rings. The summed E-state index contributed by atoms with van der Waals surface area (Å²) < 4.78 is 33.9. The third kappa shape index (κ3) is 4.80. The molecule has 0 amide bonds. The zero-order chi connectivity index (χ0) is 21.0. The second-order valence-corrected chi connectivity index (χ2v) is 8.30. The highest BCUT2D eigenvalue weighted by Crippen LogP contribution is 2.33. The summed E-state index contributed by atoms with van der Waals surface area (Å²) in [6.07, 6.45) is 0.858. The van der Waals surface area contributed by atoms with Gasteiger partial charge in [-0.3, -0.25) is 4.99 Å². The van der Waals surface area contributed by atoms with Crippen LogP contribution in [0.1, 0.15) is 16.7 Å². The van der Waals surface area contributed by atoms with Gasteiger partial charge in [0.1, 0.15) is 0 Å². The summed E-state index contributed by atoms with van der Waals surface area (Å²) in [5.74, 6) is 2.18. The molecule has 1 heterocycles. The van der Waals surface area contributed by atoms with Crippen molar-refractivity contribution in [3.8, 4) is 11.5 Å². The zero-order valence-electron chi connectivity index (χ0n) is 16.8. The van der Waals surface area contributed by atoms with Gasteiger partial charge in [0, 0.05) is 26.7 Å². The molecule has 0 aliphatic carbocycles. The number of guanidine groups is 1. The standard InChI is InChI=1S/C20H26N4O4S/c1-22-20(23-12-14-5-4-6-17(9-14)29(21,25)26)24-8-7-15-10-18(27-2)19(28-3)11-16(15)13-24/h4-6,9-11H,7-8,12-13H2,1-3H3,(H,22,23)(H2,21,25,26). The van der Waals surface area contributed by atoms with Gasteiger partial charge >= 0.3 is 0 Å². The topological polar surface area (TPSA) is 106 Å². The summed E-state index contributed by atoms with van der Waals surface area (Å²) in [5.41, 5.74) is 3.20. The van der Waals surface area contributed by atoms with Crippen LogP contribution in [-0.2, 0) is 29.5 Å². The number of benzene rings is 2. The first-order valence-corrected chi connectivity index (χ1v) is 10.7. The number of sulfonamides is 1. The van der Waals surface area contributed by atoms with E-state index in [0.29, 0.717) is 18.8 Å². The minimum atomic E-state index is -3.73. The van der Waals surface area contributed by atoms with Gasteiger partial charge in [0.25, 0.3) is 0 Å². The fourth-order valence-corrected chi connectivity index (χ4v) is 3.99. The van der Waals surface area contributed by atoms with Crippen LogP contribution in [0.25, 0.3) is 0 Å². The number of rotatable bonds is 5. The quantitative estimate of drug-likeness (QED) is 0.563. The lowest BCUT2D eigenvalue weighted by atomic mass is 9.99. The van der Waals surface area contributed by atoms with Gasteiger partial charge in [-0.05, 0) is 47.4 Å². The number of nitrogens with zero attached hydrogens (tertiary/aromatic N) is 2. The van der Waals surface area contributed by atoms with E-state index in [1.165, 1.54) is 11.6 Å². The van der Waals surface area contributed by atoms with Crippen molar-refractivity contribution in [3.05, 3.63) is 53.1 Å². The molecule has 2 aromatic rings. The van der Waals surface area contributed by atoms with Crippen LogP contribution in [0.5, 0.6) is 11.5 Å². The SMILES string of the molecule is CN=C(NCc1cccc(S(N)(=O)=O)c1)N1CCc2cc(OC)c(OC)cc2C1. The van der Waals surface area contributed by atoms with Crippen LogP contribution < -0.4 is 19.9 Å². The number of hydrogen-bond donors (Lipinski definition) is 2. The lowest BCUT2D eigenvalue weighted by molar-refractivity contribution is 0.346. The molecule has 9 heteroatoms. The first-order valence-electron chi connectivity index (χ1n) is 9.17. The van der Waals surface area contributed by atoms with Crippen molar-refractivity contribution in [3.63, 3.8) is 0 Å². The van der Waals surface area contributed by atoms with Crippen molar-refractivity contribution >= 4 is 16.0 Å². The smallest absolute Gasteiger partial charge is 0.238 e. The Kier molecular flexibility index (Phi) is 6.29. The van der Waals surface area contributed by atoms with E-state index in [1.54, 1.807) is 33.4 Å². The van der Waals surface area contributed by atoms with Crippen molar-refractivity contribution in [2.24, 2.45) is 10.1 Å². The monoisotopic (exact) mass is 418 g/mol. The van der Waals surface area contributed by atoms with Crippen molar-refractivity contribution in [1.29, 1.82) is 0 Å². The predicted octanol–water partition coefficient (Wildman–Crippen LogP) is 1.48. The van der Waals surface area contributed by atoms with Gasteiger partial charge in [-0.15, -0.1) is 0 Å². The Hall–Kier alpha value is -2.78. The Labute approximate surface area is 171 Å². The molecule has 8 nitrogen and oxygen atoms in total. The summed E-state index contributed by atoms with van der Waals surface area (Å²) in [6, 6.07) is 10.6. The molecule has 29 heavy (non-hydrogen) atoms. The van der Waals surface area contributed by atoms with E-state index in [0.717, 1.165) is 35.8 Å². The maximum Gasteiger partial charge on any atom is 0.238 e. The lowest BCUT2D eigenvalue weighted by Gasteiger charge is -2.32. The molecule has 3 N–H and O–H groups in total. The van der Waals surface area contributed by atoms with Crippen LogP contribution in [0.3, 0.4) is 0 Å². The average Bonchev–Trinajstić information content (AvgIpc) is 2.72. The molecule has 3 rings (SSSR count). The molecular formula is C20H26N4O4S. The van der Waals surface area contributed by atoms with Crippen LogP contribution >= 0.6 is 0 Å². The number of primary sulfonamides is 1. The van der Waals surface area contributed by atoms with Crippen LogP contribution in [0.2, 0.25) is 0 Å². The second-order valence-electron chi connectivity index (χ2n) is 6.74. The van der Waals surface area contributed by atoms with Crippen molar-refractivity contribution < 1.29 is 17.9 Å². The number of nitrogens with two attached hydrogens (primary N) is 1. The molecule has 0 saturated heterocycles. The van der Waals surface area contributed by atoms with Gasteiger partial charge in [0.15, 0.2) is 17.5 Å². The molecule has 0 spiro atoms. The highest BCUT2D eigenvalue weighted by atomic mass is 32.2. The molecular weight excluding hydrogens is 392 g/mol. The summed E-state index contributed by atoms with van der Waals surface area (Å²) in [7, 11) is 1.26. The first-order chi connectivity index (χ1) is 13.9. The first kappa shape index (κ1) is 20.9. The summed E-state index contributed by atoms with van der Waals surface area (Å²) in [4.78, 5) is 6.63. The molecule has 0 unspecified atom stereocenters. The molecule has 0 bridgehead atoms. The van der Waals surface area contributed by atoms with Gasteiger partial charge in [-0.25, -0.2) is 13.6 Å². The molecule has 0 radical (unpaired) electrons. The number of methoxy groups -OCH3 is 2. The number of fused-ring (bicyclic) bond motifs is 1. The van der Waals surface area contributed by atoms with Gasteiger partial charge in [-0.1, -0.05) is 12.1 Å². The Balaban J connectivity index is 1.72. The van der Waals surface area contributed by atoms with Crippen molar-refractivity contribution in [2.45, 2.75) is 24.4 Å². The Morgan fingerprint density at radius 1 is 1.17 bits per heavy atom. The van der Waals surface area contributed by atoms with Gasteiger partial charge in [0.05, 0.1) is 19.1 Å². The van der Waals surface area contributed by atoms with E-state index in [9.17, 15) is 8.42 Å². The fraction of sp³-hybridized carbons (Fsp3) is 0.350. The van der Waals surface area contributed by atoms with Gasteiger partial charge in [0.2, 0.25) is 10.0 Å². The minimum Gasteiger partial charge on any atom is -0.493 e. The maximum absolute atomic E-state index is 11.5. The highest BCUT2D eigenvalue weighted by Gasteiger charge is 2.21. The van der Waals surface area contributed by atoms with E-state index in [4.69, 9.17) is 14.6 Å². The third-order valence-electron chi connectivity index (χ3n) is 4.91. The predicted molar refractivity (Wildman–Crippen MR) is 112 cm³/mol. The van der Waals surface area contributed by atoms with Crippen LogP contribution in [0.15, 0.2) is 46.3 Å². The average molecular weight is 419 g/mol. The maximum atomic E-state index is 11.5. The van der Waals surface area contributed by atoms with E-state index < -0.39 is 10.0 Å². The summed E-state index contributed by atoms with van der Waals surface area (Å²) >= 11 is 0. The lowest BCUT2D eigenvalue weighted by Crippen LogP contribution is -2.43. The number of ether oxygens (including phenoxy) is 2. The van der Waals surface area contributed by atoms with Crippen LogP contribution in [0.4, 0.5) is 0 Å². The Morgan fingerprint density at radius 3 is 2.48 bits per heavy atom. The van der Waals surface area contributed by atoms with Crippen molar-refractivity contribution in [1.82, 2.24) is 10.2 Å². The normalized spacial score (nSPS) is 14.3. The van der Waals surface area contributed by atoms with E-state index in [1.807, 2.05) is 18.2 Å². The third-order valence-corrected chi connectivity index (χ3v) is 5.82. The fourth-order valence-electron chi connectivity index (χ4n) is 3.41. The molecule has 2 aromatic carbocycles. The molecule has 0 aromatic heterocycles. The molecule has 1 aliphatic heterocycles. The van der Waals surface area contributed by atoms with Crippen molar-refractivity contribution in [2.75, 3.05) is 27.8 Å². The van der Waals surface area contributed by atoms with Gasteiger partial charge in [-0.2, -0.15) is 0 Å². The van der Waals surface area contributed by atoms with E-state index in [2.05, 4.69) is 15.2 Å². The van der Waals surface area contributed by atoms with Gasteiger partial charge < -0.3 is 19.7 Å². The zero-order valence-corrected chi connectivity index (χ0v) is 17.6. The second kappa shape index (κ2) is 8.71. The molecule has 1 aliphatic rings. The number of aliphatic imine (C=N–C) groups is 1. The van der Waals surface area contributed by atoms with E-state index >= 15 is 0 Å². The van der Waals surface area contributed by atoms with Crippen LogP contribution in [0, 0.1) is 0 Å². The summed E-state index contributed by atoms with van der Waals surface area (Å²) in [5, 5.41) is 8.52. The number of hydrogen-bond acceptors (Lipinski definition) is 5. The minimum absolute atomic E-state index is 0.0970.